The van der Waals surface area contributed by atoms with Crippen molar-refractivity contribution in [2.45, 2.75) is 12.8 Å². The van der Waals surface area contributed by atoms with Crippen LogP contribution < -0.4 is 5.32 Å². The van der Waals surface area contributed by atoms with Crippen LogP contribution in [0.25, 0.3) is 0 Å². The summed E-state index contributed by atoms with van der Waals surface area (Å²) < 4.78 is 25.3. The summed E-state index contributed by atoms with van der Waals surface area (Å²) in [6, 6.07) is 0. The normalized spacial score (nSPS) is 10.6. The number of hydrogen-bond donors (Lipinski definition) is 1. The summed E-state index contributed by atoms with van der Waals surface area (Å²) in [7, 11) is 1.80. The number of carbonyl (C=O) groups excluding carboxylic acids is 1. The minimum Gasteiger partial charge on any atom is -0.351 e. The fourth-order valence-electron chi connectivity index (χ4n) is 1.01. The summed E-state index contributed by atoms with van der Waals surface area (Å²) in [5, 5.41) is 2.11. The van der Waals surface area contributed by atoms with Crippen LogP contribution in [0.3, 0.4) is 0 Å². The highest BCUT2D eigenvalue weighted by Crippen LogP contribution is 1.95. The van der Waals surface area contributed by atoms with Crippen molar-refractivity contribution in [3.8, 4) is 0 Å². The van der Waals surface area contributed by atoms with Crippen LogP contribution in [0.5, 0.6) is 0 Å². The highest BCUT2D eigenvalue weighted by atomic mass is 19.3. The maximum atomic E-state index is 11.7. The Morgan fingerprint density at radius 1 is 1.71 bits per heavy atom. The molecule has 0 radical (unpaired) electrons. The minimum absolute atomic E-state index is 0.175. The maximum absolute atomic E-state index is 11.7. The van der Waals surface area contributed by atoms with E-state index in [1.807, 2.05) is 0 Å². The lowest BCUT2D eigenvalue weighted by Crippen LogP contribution is -2.31. The number of hydrogen-bond acceptors (Lipinski definition) is 2. The van der Waals surface area contributed by atoms with E-state index >= 15 is 0 Å². The Balaban J connectivity index is 2.29. The molecule has 0 aliphatic carbocycles. The number of aryl methyl sites for hydroxylation is 1. The lowest BCUT2D eigenvalue weighted by Gasteiger charge is -2.03. The van der Waals surface area contributed by atoms with E-state index in [-0.39, 0.29) is 6.54 Å². The maximum Gasteiger partial charge on any atom is 0.315 e. The number of alkyl halides is 2. The topological polar surface area (TPSA) is 46.9 Å². The number of carbonyl (C=O) groups is 1. The molecule has 4 nitrogen and oxygen atoms in total. The highest BCUT2D eigenvalue weighted by Gasteiger charge is 2.13. The molecule has 1 aromatic rings. The third kappa shape index (κ3) is 2.79. The molecule has 1 N–H and O–H groups in total. The minimum atomic E-state index is -2.95. The fourth-order valence-corrected chi connectivity index (χ4v) is 1.01. The van der Waals surface area contributed by atoms with Crippen molar-refractivity contribution in [2.75, 3.05) is 6.54 Å². The summed E-state index contributed by atoms with van der Waals surface area (Å²) >= 11 is 0. The first-order chi connectivity index (χ1) is 6.61. The Labute approximate surface area is 79.9 Å². The molecule has 0 unspecified atom stereocenters. The first-order valence-corrected chi connectivity index (χ1v) is 4.13. The molecule has 14 heavy (non-hydrogen) atoms. The smallest absolute Gasteiger partial charge is 0.315 e. The van der Waals surface area contributed by atoms with Crippen molar-refractivity contribution in [1.29, 1.82) is 0 Å². The van der Waals surface area contributed by atoms with Gasteiger partial charge in [-0.3, -0.25) is 4.79 Å². The summed E-state index contributed by atoms with van der Waals surface area (Å²) in [4.78, 5) is 14.4. The molecule has 0 aliphatic rings. The van der Waals surface area contributed by atoms with E-state index < -0.39 is 12.3 Å². The van der Waals surface area contributed by atoms with E-state index in [0.717, 1.165) is 5.82 Å². The Hall–Kier alpha value is -1.46. The second-order valence-electron chi connectivity index (χ2n) is 2.80. The van der Waals surface area contributed by atoms with Crippen LogP contribution in [0.2, 0.25) is 0 Å². The highest BCUT2D eigenvalue weighted by molar-refractivity contribution is 5.78. The summed E-state index contributed by atoms with van der Waals surface area (Å²) in [5.74, 6) is -0.487. The summed E-state index contributed by atoms with van der Waals surface area (Å²) in [6.07, 6.45) is 0.868. The zero-order chi connectivity index (χ0) is 10.6. The third-order valence-corrected chi connectivity index (χ3v) is 1.77. The monoisotopic (exact) mass is 203 g/mol. The lowest BCUT2D eigenvalue weighted by molar-refractivity contribution is -0.131. The molecule has 78 valence electrons. The van der Waals surface area contributed by atoms with E-state index in [0.29, 0.717) is 6.42 Å². The molecule has 0 fully saturated rings. The van der Waals surface area contributed by atoms with E-state index in [9.17, 15) is 13.6 Å². The molecule has 0 aromatic carbocycles. The molecule has 1 amide bonds. The number of aromatic nitrogens is 2. The molecule has 0 spiro atoms. The number of halogens is 2. The van der Waals surface area contributed by atoms with Crippen molar-refractivity contribution in [1.82, 2.24) is 14.9 Å². The van der Waals surface area contributed by atoms with Crippen LogP contribution in [0, 0.1) is 0 Å². The number of nitrogens with zero attached hydrogens (tertiary/aromatic N) is 2. The predicted molar refractivity (Wildman–Crippen MR) is 45.9 cm³/mol. The van der Waals surface area contributed by atoms with Crippen molar-refractivity contribution in [2.24, 2.45) is 7.05 Å². The SMILES string of the molecule is Cn1ccnc1CCNC(=O)C(F)F. The molecule has 1 rings (SSSR count). The molecule has 0 atom stereocenters. The predicted octanol–water partition coefficient (Wildman–Crippen LogP) is 0.344. The van der Waals surface area contributed by atoms with Gasteiger partial charge in [0, 0.05) is 32.4 Å². The second kappa shape index (κ2) is 4.69. The number of rotatable bonds is 4. The van der Waals surface area contributed by atoms with Crippen molar-refractivity contribution >= 4 is 5.91 Å². The van der Waals surface area contributed by atoms with Gasteiger partial charge in [0.15, 0.2) is 0 Å². The zero-order valence-electron chi connectivity index (χ0n) is 7.70. The van der Waals surface area contributed by atoms with Gasteiger partial charge in [0.1, 0.15) is 5.82 Å². The van der Waals surface area contributed by atoms with Gasteiger partial charge in [0.05, 0.1) is 0 Å². The van der Waals surface area contributed by atoms with Gasteiger partial charge in [-0.05, 0) is 0 Å². The largest absolute Gasteiger partial charge is 0.351 e. The second-order valence-corrected chi connectivity index (χ2v) is 2.80. The Bertz CT molecular complexity index is 311. The fraction of sp³-hybridized carbons (Fsp3) is 0.500. The van der Waals surface area contributed by atoms with E-state index in [1.165, 1.54) is 0 Å². The molecule has 0 aliphatic heterocycles. The average Bonchev–Trinajstić information content (AvgIpc) is 2.51. The Morgan fingerprint density at radius 2 is 2.43 bits per heavy atom. The van der Waals surface area contributed by atoms with Gasteiger partial charge in [0.2, 0.25) is 0 Å². The standard InChI is InChI=1S/C8H11F2N3O/c1-13-5-4-11-6(13)2-3-12-8(14)7(9)10/h4-5,7H,2-3H2,1H3,(H,12,14). The zero-order valence-corrected chi connectivity index (χ0v) is 7.70. The van der Waals surface area contributed by atoms with Crippen LogP contribution in [-0.2, 0) is 18.3 Å². The molecule has 1 aromatic heterocycles. The van der Waals surface area contributed by atoms with Crippen LogP contribution in [0.15, 0.2) is 12.4 Å². The van der Waals surface area contributed by atoms with Crippen LogP contribution >= 0.6 is 0 Å². The quantitative estimate of drug-likeness (QED) is 0.767. The number of imidazole rings is 1. The van der Waals surface area contributed by atoms with Gasteiger partial charge >= 0.3 is 6.43 Å². The first kappa shape index (κ1) is 10.6. The molecular weight excluding hydrogens is 192 g/mol. The molecule has 0 saturated carbocycles. The van der Waals surface area contributed by atoms with Gasteiger partial charge in [-0.2, -0.15) is 8.78 Å². The van der Waals surface area contributed by atoms with E-state index in [1.54, 1.807) is 24.0 Å². The van der Waals surface area contributed by atoms with Crippen molar-refractivity contribution in [3.05, 3.63) is 18.2 Å². The molecule has 1 heterocycles. The lowest BCUT2D eigenvalue weighted by atomic mass is 10.4. The van der Waals surface area contributed by atoms with Crippen LogP contribution in [-0.4, -0.2) is 28.4 Å². The molecular formula is C8H11F2N3O. The first-order valence-electron chi connectivity index (χ1n) is 4.13. The van der Waals surface area contributed by atoms with Gasteiger partial charge in [0.25, 0.3) is 5.91 Å². The molecule has 6 heteroatoms. The third-order valence-electron chi connectivity index (χ3n) is 1.77. The Kier molecular flexibility index (Phi) is 3.55. The molecule has 0 bridgehead atoms. The van der Waals surface area contributed by atoms with Gasteiger partial charge in [-0.15, -0.1) is 0 Å². The van der Waals surface area contributed by atoms with E-state index in [4.69, 9.17) is 0 Å². The van der Waals surface area contributed by atoms with Gasteiger partial charge < -0.3 is 9.88 Å². The number of amides is 1. The van der Waals surface area contributed by atoms with Crippen LogP contribution in [0.1, 0.15) is 5.82 Å². The molecule has 0 saturated heterocycles. The van der Waals surface area contributed by atoms with Crippen molar-refractivity contribution < 1.29 is 13.6 Å². The van der Waals surface area contributed by atoms with Gasteiger partial charge in [-0.1, -0.05) is 0 Å². The average molecular weight is 203 g/mol. The van der Waals surface area contributed by atoms with Crippen molar-refractivity contribution in [3.63, 3.8) is 0 Å². The Morgan fingerprint density at radius 3 is 2.93 bits per heavy atom. The van der Waals surface area contributed by atoms with E-state index in [2.05, 4.69) is 10.3 Å². The number of nitrogens with one attached hydrogen (secondary N) is 1. The summed E-state index contributed by atoms with van der Waals surface area (Å²) in [5.41, 5.74) is 0. The van der Waals surface area contributed by atoms with Gasteiger partial charge in [-0.25, -0.2) is 4.98 Å². The van der Waals surface area contributed by atoms with Crippen LogP contribution in [0.4, 0.5) is 8.78 Å². The summed E-state index contributed by atoms with van der Waals surface area (Å²) in [6.45, 7) is 0.175.